The van der Waals surface area contributed by atoms with Crippen LogP contribution in [0.25, 0.3) is 0 Å². The predicted molar refractivity (Wildman–Crippen MR) is 104 cm³/mol. The van der Waals surface area contributed by atoms with Crippen LogP contribution in [-0.4, -0.2) is 10.7 Å². The van der Waals surface area contributed by atoms with Crippen molar-refractivity contribution in [2.45, 2.75) is 31.9 Å². The summed E-state index contributed by atoms with van der Waals surface area (Å²) >= 11 is 17.5. The summed E-state index contributed by atoms with van der Waals surface area (Å²) in [5.41, 5.74) is 1.64. The fourth-order valence-electron chi connectivity index (χ4n) is 2.81. The van der Waals surface area contributed by atoms with E-state index in [1.807, 2.05) is 42.5 Å². The molecule has 0 fully saturated rings. The van der Waals surface area contributed by atoms with Crippen molar-refractivity contribution in [3.63, 3.8) is 0 Å². The predicted octanol–water partition coefficient (Wildman–Crippen LogP) is 5.58. The molecule has 1 heterocycles. The Morgan fingerprint density at radius 2 is 1.79 bits per heavy atom. The van der Waals surface area contributed by atoms with Crippen molar-refractivity contribution in [3.8, 4) is 5.75 Å². The average molecular weight is 381 g/mol. The number of hydrogen-bond donors (Lipinski definition) is 2. The summed E-state index contributed by atoms with van der Waals surface area (Å²) in [7, 11) is 0. The molecular formula is C18H18Cl2N2OS. The van der Waals surface area contributed by atoms with Gasteiger partial charge in [0.2, 0.25) is 0 Å². The summed E-state index contributed by atoms with van der Waals surface area (Å²) in [5.74, 6) is 0.797. The van der Waals surface area contributed by atoms with Gasteiger partial charge >= 0.3 is 0 Å². The van der Waals surface area contributed by atoms with Crippen LogP contribution in [0.15, 0.2) is 42.5 Å². The van der Waals surface area contributed by atoms with E-state index >= 15 is 0 Å². The number of hydrogen-bond acceptors (Lipinski definition) is 2. The topological polar surface area (TPSA) is 33.3 Å². The van der Waals surface area contributed by atoms with Crippen LogP contribution in [0.4, 0.5) is 5.69 Å². The van der Waals surface area contributed by atoms with Crippen molar-refractivity contribution in [2.75, 3.05) is 5.32 Å². The Balaban J connectivity index is 1.76. The lowest BCUT2D eigenvalue weighted by Crippen LogP contribution is -2.42. The van der Waals surface area contributed by atoms with Gasteiger partial charge in [-0.3, -0.25) is 0 Å². The molecule has 0 radical (unpaired) electrons. The highest BCUT2D eigenvalue weighted by Crippen LogP contribution is 2.40. The Morgan fingerprint density at radius 3 is 2.50 bits per heavy atom. The first-order valence-corrected chi connectivity index (χ1v) is 8.80. The van der Waals surface area contributed by atoms with Crippen LogP contribution in [0.1, 0.15) is 31.9 Å². The van der Waals surface area contributed by atoms with Crippen LogP contribution in [-0.2, 0) is 0 Å². The van der Waals surface area contributed by atoms with Crippen LogP contribution < -0.4 is 15.4 Å². The molecule has 0 bridgehead atoms. The van der Waals surface area contributed by atoms with Gasteiger partial charge in [-0.05, 0) is 62.5 Å². The second-order valence-corrected chi connectivity index (χ2v) is 7.69. The summed E-state index contributed by atoms with van der Waals surface area (Å²) in [6.45, 7) is 4.11. The third-order valence-corrected chi connectivity index (χ3v) is 4.55. The molecule has 1 unspecified atom stereocenters. The second-order valence-electron chi connectivity index (χ2n) is 6.41. The minimum atomic E-state index is -0.300. The molecule has 0 aromatic heterocycles. The van der Waals surface area contributed by atoms with E-state index in [0.717, 1.165) is 23.4 Å². The van der Waals surface area contributed by atoms with E-state index in [2.05, 4.69) is 24.5 Å². The van der Waals surface area contributed by atoms with Gasteiger partial charge in [0, 0.05) is 27.7 Å². The van der Waals surface area contributed by atoms with E-state index in [0.29, 0.717) is 15.2 Å². The zero-order chi connectivity index (χ0) is 17.3. The Hall–Kier alpha value is -1.49. The monoisotopic (exact) mass is 380 g/mol. The molecule has 1 atom stereocenters. The van der Waals surface area contributed by atoms with Gasteiger partial charge in [0.25, 0.3) is 0 Å². The highest BCUT2D eigenvalue weighted by Gasteiger charge is 2.34. The van der Waals surface area contributed by atoms with Crippen LogP contribution >= 0.6 is 35.4 Å². The molecule has 6 heteroatoms. The fraction of sp³-hybridized carbons (Fsp3) is 0.278. The van der Waals surface area contributed by atoms with E-state index in [-0.39, 0.29) is 11.6 Å². The van der Waals surface area contributed by atoms with Crippen molar-refractivity contribution in [1.82, 2.24) is 5.32 Å². The zero-order valence-corrected chi connectivity index (χ0v) is 15.7. The minimum Gasteiger partial charge on any atom is -0.487 e. The summed E-state index contributed by atoms with van der Waals surface area (Å²) in [6, 6.07) is 13.2. The van der Waals surface area contributed by atoms with Gasteiger partial charge in [-0.1, -0.05) is 29.3 Å². The van der Waals surface area contributed by atoms with E-state index in [4.69, 9.17) is 40.2 Å². The first kappa shape index (κ1) is 17.3. The smallest absolute Gasteiger partial charge is 0.171 e. The third kappa shape index (κ3) is 4.12. The molecule has 0 amide bonds. The number of rotatable bonds is 2. The van der Waals surface area contributed by atoms with Crippen molar-refractivity contribution >= 4 is 46.2 Å². The highest BCUT2D eigenvalue weighted by atomic mass is 35.5. The summed E-state index contributed by atoms with van der Waals surface area (Å²) in [5, 5.41) is 8.47. The van der Waals surface area contributed by atoms with Crippen LogP contribution in [0.3, 0.4) is 0 Å². The summed E-state index contributed by atoms with van der Waals surface area (Å²) in [4.78, 5) is 0. The molecule has 2 N–H and O–H groups in total. The molecule has 0 saturated heterocycles. The van der Waals surface area contributed by atoms with Crippen molar-refractivity contribution in [3.05, 3.63) is 58.1 Å². The maximum atomic E-state index is 6.09. The molecule has 0 saturated carbocycles. The van der Waals surface area contributed by atoms with E-state index in [9.17, 15) is 0 Å². The summed E-state index contributed by atoms with van der Waals surface area (Å²) < 4.78 is 6.04. The Bertz CT molecular complexity index is 762. The van der Waals surface area contributed by atoms with Gasteiger partial charge in [0.15, 0.2) is 5.11 Å². The van der Waals surface area contributed by atoms with Gasteiger partial charge < -0.3 is 15.4 Å². The third-order valence-electron chi connectivity index (χ3n) is 3.84. The standard InChI is InChI=1S/C18H18Cl2N2OS/c1-18(2)10-15(14-8-5-12(20)9-16(14)23-18)22-17(24)21-13-6-3-11(19)4-7-13/h3-9,15H,10H2,1-2H3,(H2,21,22,24). The van der Waals surface area contributed by atoms with E-state index in [1.54, 1.807) is 0 Å². The second kappa shape index (κ2) is 6.79. The normalized spacial score (nSPS) is 18.2. The van der Waals surface area contributed by atoms with Crippen LogP contribution in [0.2, 0.25) is 10.0 Å². The van der Waals surface area contributed by atoms with Gasteiger partial charge in [0.05, 0.1) is 6.04 Å². The van der Waals surface area contributed by atoms with Crippen LogP contribution in [0, 0.1) is 0 Å². The first-order chi connectivity index (χ1) is 11.3. The molecule has 0 aliphatic carbocycles. The quantitative estimate of drug-likeness (QED) is 0.665. The van der Waals surface area contributed by atoms with Gasteiger partial charge in [-0.25, -0.2) is 0 Å². The zero-order valence-electron chi connectivity index (χ0n) is 13.4. The van der Waals surface area contributed by atoms with Crippen molar-refractivity contribution in [2.24, 2.45) is 0 Å². The summed E-state index contributed by atoms with van der Waals surface area (Å²) in [6.07, 6.45) is 0.796. The molecule has 2 aromatic carbocycles. The molecule has 3 rings (SSSR count). The molecular weight excluding hydrogens is 363 g/mol. The highest BCUT2D eigenvalue weighted by molar-refractivity contribution is 7.80. The maximum absolute atomic E-state index is 6.09. The van der Waals surface area contributed by atoms with Gasteiger partial charge in [0.1, 0.15) is 11.4 Å². The fourth-order valence-corrected chi connectivity index (χ4v) is 3.36. The average Bonchev–Trinajstić information content (AvgIpc) is 2.48. The molecule has 3 nitrogen and oxygen atoms in total. The van der Waals surface area contributed by atoms with E-state index in [1.165, 1.54) is 0 Å². The lowest BCUT2D eigenvalue weighted by molar-refractivity contribution is 0.0697. The number of nitrogens with one attached hydrogen (secondary N) is 2. The number of anilines is 1. The molecule has 126 valence electrons. The first-order valence-electron chi connectivity index (χ1n) is 7.64. The van der Waals surface area contributed by atoms with E-state index < -0.39 is 0 Å². The van der Waals surface area contributed by atoms with Gasteiger partial charge in [-0.2, -0.15) is 0 Å². The van der Waals surface area contributed by atoms with Crippen molar-refractivity contribution < 1.29 is 4.74 Å². The number of thiocarbonyl (C=S) groups is 1. The van der Waals surface area contributed by atoms with Gasteiger partial charge in [-0.15, -0.1) is 0 Å². The van der Waals surface area contributed by atoms with Crippen LogP contribution in [0.5, 0.6) is 5.75 Å². The maximum Gasteiger partial charge on any atom is 0.171 e. The SMILES string of the molecule is CC1(C)CC(NC(=S)Nc2ccc(Cl)cc2)c2ccc(Cl)cc2O1. The molecule has 1 aliphatic rings. The number of halogens is 2. The Labute approximate surface area is 157 Å². The lowest BCUT2D eigenvalue weighted by Gasteiger charge is -2.38. The lowest BCUT2D eigenvalue weighted by atomic mass is 9.90. The largest absolute Gasteiger partial charge is 0.487 e. The number of ether oxygens (including phenoxy) is 1. The Morgan fingerprint density at radius 1 is 1.12 bits per heavy atom. The minimum absolute atomic E-state index is 0.0494. The number of benzene rings is 2. The molecule has 2 aromatic rings. The molecule has 1 aliphatic heterocycles. The van der Waals surface area contributed by atoms with Crippen molar-refractivity contribution in [1.29, 1.82) is 0 Å². The number of fused-ring (bicyclic) bond motifs is 1. The molecule has 0 spiro atoms. The molecule has 24 heavy (non-hydrogen) atoms. The Kier molecular flexibility index (Phi) is 4.90.